The number of carbonyl (C=O) groups is 1. The molecule has 11 heteroatoms. The topological polar surface area (TPSA) is 92.8 Å². The van der Waals surface area contributed by atoms with Crippen LogP contribution in [0.4, 0.5) is 9.93 Å². The molecule has 0 atom stereocenters. The predicted molar refractivity (Wildman–Crippen MR) is 133 cm³/mol. The molecule has 1 aromatic carbocycles. The average molecular weight is 499 g/mol. The zero-order valence-corrected chi connectivity index (χ0v) is 20.7. The van der Waals surface area contributed by atoms with Crippen LogP contribution in [0.3, 0.4) is 0 Å². The highest BCUT2D eigenvalue weighted by molar-refractivity contribution is 7.89. The molecule has 2 aliphatic heterocycles. The molecule has 2 aliphatic rings. The van der Waals surface area contributed by atoms with Crippen LogP contribution >= 0.6 is 11.3 Å². The molecule has 0 saturated carbocycles. The van der Waals surface area contributed by atoms with Gasteiger partial charge < -0.3 is 19.7 Å². The molecule has 0 aliphatic carbocycles. The van der Waals surface area contributed by atoms with E-state index in [4.69, 9.17) is 6.42 Å². The largest absolute Gasteiger partial charge is 0.354 e. The molecular formula is C23H26N6O3S2. The molecule has 4 heterocycles. The summed E-state index contributed by atoms with van der Waals surface area (Å²) in [7, 11) is 0.227. The van der Waals surface area contributed by atoms with Crippen molar-refractivity contribution in [3.8, 4) is 12.3 Å². The van der Waals surface area contributed by atoms with Crippen molar-refractivity contribution in [3.05, 3.63) is 40.4 Å². The van der Waals surface area contributed by atoms with E-state index in [1.54, 1.807) is 40.5 Å². The van der Waals surface area contributed by atoms with Crippen LogP contribution in [0.15, 0.2) is 29.3 Å². The van der Waals surface area contributed by atoms with Crippen LogP contribution < -0.4 is 4.90 Å². The summed E-state index contributed by atoms with van der Waals surface area (Å²) in [6.45, 7) is 2.39. The summed E-state index contributed by atoms with van der Waals surface area (Å²) in [6.07, 6.45) is 6.19. The minimum absolute atomic E-state index is 0.0464. The Kier molecular flexibility index (Phi) is 5.75. The summed E-state index contributed by atoms with van der Waals surface area (Å²) in [5, 5.41) is 1.85. The predicted octanol–water partition coefficient (Wildman–Crippen LogP) is 2.16. The summed E-state index contributed by atoms with van der Waals surface area (Å²) in [4.78, 5) is 27.5. The van der Waals surface area contributed by atoms with Gasteiger partial charge in [0.15, 0.2) is 5.13 Å². The lowest BCUT2D eigenvalue weighted by Crippen LogP contribution is -2.54. The van der Waals surface area contributed by atoms with Gasteiger partial charge in [-0.15, -0.1) is 6.42 Å². The zero-order chi connectivity index (χ0) is 24.0. The number of rotatable bonds is 3. The Morgan fingerprint density at radius 3 is 2.62 bits per heavy atom. The molecule has 0 spiro atoms. The zero-order valence-electron chi connectivity index (χ0n) is 19.1. The van der Waals surface area contributed by atoms with E-state index in [0.29, 0.717) is 31.7 Å². The molecule has 1 saturated heterocycles. The molecule has 178 valence electrons. The van der Waals surface area contributed by atoms with Crippen molar-refractivity contribution in [1.29, 1.82) is 0 Å². The highest BCUT2D eigenvalue weighted by Crippen LogP contribution is 2.30. The lowest BCUT2D eigenvalue weighted by atomic mass is 10.2. The van der Waals surface area contributed by atoms with Gasteiger partial charge in [-0.1, -0.05) is 17.3 Å². The van der Waals surface area contributed by atoms with Crippen LogP contribution in [-0.2, 0) is 23.0 Å². The van der Waals surface area contributed by atoms with Crippen molar-refractivity contribution in [2.24, 2.45) is 0 Å². The maximum absolute atomic E-state index is 13.2. The fraction of sp³-hybridized carbons (Fsp3) is 0.391. The number of anilines is 1. The molecular weight excluding hydrogens is 472 g/mol. The van der Waals surface area contributed by atoms with Crippen molar-refractivity contribution >= 4 is 43.4 Å². The number of urea groups is 1. The standard InChI is InChI=1S/C23H26N6O3S2/c1-4-16-5-6-18-17(13-16)14-21(24-18)34(31,32)29-11-9-27(10-12-29)23(30)28-8-7-19-20(15-28)33-22(25-19)26(2)3/h1,5-6,13-14,24H,7-12,15H2,2-3H3. The molecule has 0 radical (unpaired) electrons. The number of thiazole rings is 1. The fourth-order valence-corrected chi connectivity index (χ4v) is 6.81. The monoisotopic (exact) mass is 498 g/mol. The van der Waals surface area contributed by atoms with Gasteiger partial charge in [0.2, 0.25) is 0 Å². The summed E-state index contributed by atoms with van der Waals surface area (Å²) in [5.74, 6) is 2.56. The Labute approximate surface area is 203 Å². The van der Waals surface area contributed by atoms with Crippen molar-refractivity contribution in [2.45, 2.75) is 18.0 Å². The van der Waals surface area contributed by atoms with Gasteiger partial charge in [-0.05, 0) is 24.3 Å². The van der Waals surface area contributed by atoms with Gasteiger partial charge in [0.25, 0.3) is 10.0 Å². The van der Waals surface area contributed by atoms with Crippen LogP contribution in [-0.4, -0.2) is 85.3 Å². The number of fused-ring (bicyclic) bond motifs is 2. The number of nitrogens with one attached hydrogen (secondary N) is 1. The van der Waals surface area contributed by atoms with E-state index >= 15 is 0 Å². The second-order valence-corrected chi connectivity index (χ2v) is 11.7. The number of aromatic amines is 1. The number of amides is 2. The van der Waals surface area contributed by atoms with Gasteiger partial charge in [0, 0.05) is 74.6 Å². The summed E-state index contributed by atoms with van der Waals surface area (Å²) >= 11 is 1.62. The van der Waals surface area contributed by atoms with E-state index in [1.165, 1.54) is 4.31 Å². The Balaban J connectivity index is 1.24. The highest BCUT2D eigenvalue weighted by Gasteiger charge is 2.34. The third-order valence-electron chi connectivity index (χ3n) is 6.26. The van der Waals surface area contributed by atoms with Crippen LogP contribution in [0.25, 0.3) is 10.9 Å². The number of aromatic nitrogens is 2. The van der Waals surface area contributed by atoms with Crippen molar-refractivity contribution in [2.75, 3.05) is 51.7 Å². The SMILES string of the molecule is C#Cc1ccc2[nH]c(S(=O)(=O)N3CCN(C(=O)N4CCc5nc(N(C)C)sc5C4)CC3)cc2c1. The molecule has 9 nitrogen and oxygen atoms in total. The first-order valence-corrected chi connectivity index (χ1v) is 13.3. The number of sulfonamides is 1. The van der Waals surface area contributed by atoms with Crippen molar-refractivity contribution < 1.29 is 13.2 Å². The molecule has 1 fully saturated rings. The smallest absolute Gasteiger partial charge is 0.320 e. The number of terminal acetylenes is 1. The first-order valence-electron chi connectivity index (χ1n) is 11.1. The second kappa shape index (κ2) is 8.61. The number of H-pyrrole nitrogens is 1. The van der Waals surface area contributed by atoms with Gasteiger partial charge in [-0.3, -0.25) is 0 Å². The van der Waals surface area contributed by atoms with Crippen LogP contribution in [0.5, 0.6) is 0 Å². The third-order valence-corrected chi connectivity index (χ3v) is 9.33. The van der Waals surface area contributed by atoms with Crippen LogP contribution in [0.1, 0.15) is 16.1 Å². The fourth-order valence-electron chi connectivity index (χ4n) is 4.33. The van der Waals surface area contributed by atoms with Crippen LogP contribution in [0, 0.1) is 12.3 Å². The molecule has 5 rings (SSSR count). The number of piperazine rings is 1. The first-order chi connectivity index (χ1) is 16.3. The minimum Gasteiger partial charge on any atom is -0.354 e. The summed E-state index contributed by atoms with van der Waals surface area (Å²) in [5.41, 5.74) is 2.49. The second-order valence-electron chi connectivity index (χ2n) is 8.69. The Hall–Kier alpha value is -3.07. The van der Waals surface area contributed by atoms with E-state index in [1.807, 2.05) is 23.9 Å². The molecule has 1 N–H and O–H groups in total. The maximum Gasteiger partial charge on any atom is 0.320 e. The van der Waals surface area contributed by atoms with Gasteiger partial charge in [0.1, 0.15) is 5.03 Å². The van der Waals surface area contributed by atoms with E-state index in [0.717, 1.165) is 33.0 Å². The van der Waals surface area contributed by atoms with Gasteiger partial charge >= 0.3 is 6.03 Å². The maximum atomic E-state index is 13.2. The molecule has 3 aromatic rings. The lowest BCUT2D eigenvalue weighted by Gasteiger charge is -2.37. The van der Waals surface area contributed by atoms with E-state index in [2.05, 4.69) is 15.9 Å². The van der Waals surface area contributed by atoms with E-state index in [9.17, 15) is 13.2 Å². The van der Waals surface area contributed by atoms with Gasteiger partial charge in [-0.25, -0.2) is 18.2 Å². The quantitative estimate of drug-likeness (QED) is 0.559. The Bertz CT molecular complexity index is 1390. The summed E-state index contributed by atoms with van der Waals surface area (Å²) < 4.78 is 27.9. The van der Waals surface area contributed by atoms with Crippen molar-refractivity contribution in [3.63, 3.8) is 0 Å². The Morgan fingerprint density at radius 1 is 1.15 bits per heavy atom. The summed E-state index contributed by atoms with van der Waals surface area (Å²) in [6, 6.07) is 6.92. The van der Waals surface area contributed by atoms with Crippen LogP contribution in [0.2, 0.25) is 0 Å². The van der Waals surface area contributed by atoms with E-state index in [-0.39, 0.29) is 24.1 Å². The average Bonchev–Trinajstić information content (AvgIpc) is 3.47. The molecule has 2 amide bonds. The van der Waals surface area contributed by atoms with Gasteiger partial charge in [-0.2, -0.15) is 4.31 Å². The number of nitrogens with zero attached hydrogens (tertiary/aromatic N) is 5. The first kappa shape index (κ1) is 22.7. The molecule has 0 bridgehead atoms. The normalized spacial score (nSPS) is 17.0. The lowest BCUT2D eigenvalue weighted by molar-refractivity contribution is 0.130. The molecule has 0 unspecified atom stereocenters. The third kappa shape index (κ3) is 4.02. The minimum atomic E-state index is -3.70. The number of benzene rings is 1. The van der Waals surface area contributed by atoms with Gasteiger partial charge in [0.05, 0.1) is 12.2 Å². The number of hydrogen-bond acceptors (Lipinski definition) is 6. The number of hydrogen-bond donors (Lipinski definition) is 1. The van der Waals surface area contributed by atoms with Crippen molar-refractivity contribution in [1.82, 2.24) is 24.1 Å². The highest BCUT2D eigenvalue weighted by atomic mass is 32.2. The Morgan fingerprint density at radius 2 is 1.91 bits per heavy atom. The van der Waals surface area contributed by atoms with E-state index < -0.39 is 10.0 Å². The molecule has 2 aromatic heterocycles. The molecule has 34 heavy (non-hydrogen) atoms. The number of carbonyl (C=O) groups excluding carboxylic acids is 1.